The molecule has 0 saturated carbocycles. The van der Waals surface area contributed by atoms with E-state index in [1.54, 1.807) is 0 Å². The molecule has 0 fully saturated rings. The number of esters is 2. The van der Waals surface area contributed by atoms with Gasteiger partial charge in [0.2, 0.25) is 0 Å². The van der Waals surface area contributed by atoms with Gasteiger partial charge in [-0.05, 0) is 25.7 Å². The van der Waals surface area contributed by atoms with Gasteiger partial charge in [-0.1, -0.05) is 122 Å². The fourth-order valence-corrected chi connectivity index (χ4v) is 4.57. The number of carbonyl (C=O) groups excluding carboxylic acids is 2. The van der Waals surface area contributed by atoms with Crippen LogP contribution in [0, 0.1) is 11.8 Å². The number of rotatable bonds is 21. The Bertz CT molecular complexity index is 514. The fourth-order valence-electron chi connectivity index (χ4n) is 4.57. The summed E-state index contributed by atoms with van der Waals surface area (Å²) in [7, 11) is 0. The van der Waals surface area contributed by atoms with Crippen LogP contribution in [-0.2, 0) is 19.1 Å². The topological polar surface area (TPSA) is 52.6 Å². The molecule has 0 aromatic rings. The van der Waals surface area contributed by atoms with Crippen LogP contribution in [0.4, 0.5) is 0 Å². The van der Waals surface area contributed by atoms with E-state index in [9.17, 15) is 9.59 Å². The molecule has 0 N–H and O–H groups in total. The second-order valence-corrected chi connectivity index (χ2v) is 9.79. The molecule has 0 bridgehead atoms. The molecule has 0 spiro atoms. The molecule has 1 rings (SSSR count). The quantitative estimate of drug-likeness (QED) is 0.0973. The van der Waals surface area contributed by atoms with Gasteiger partial charge in [-0.3, -0.25) is 9.59 Å². The second-order valence-electron chi connectivity index (χ2n) is 9.79. The average Bonchev–Trinajstić information content (AvgIpc) is 2.84. The van der Waals surface area contributed by atoms with Crippen LogP contribution in [0.15, 0.2) is 12.2 Å². The van der Waals surface area contributed by atoms with Gasteiger partial charge in [-0.2, -0.15) is 0 Å². The first-order chi connectivity index (χ1) is 16.2. The smallest absolute Gasteiger partial charge is 0.310 e. The van der Waals surface area contributed by atoms with E-state index in [0.717, 1.165) is 19.3 Å². The molecule has 1 aliphatic carbocycles. The van der Waals surface area contributed by atoms with Crippen molar-refractivity contribution in [1.29, 1.82) is 0 Å². The van der Waals surface area contributed by atoms with Crippen molar-refractivity contribution < 1.29 is 19.1 Å². The van der Waals surface area contributed by atoms with E-state index in [2.05, 4.69) is 6.92 Å². The lowest BCUT2D eigenvalue weighted by atomic mass is 9.83. The van der Waals surface area contributed by atoms with E-state index < -0.39 is 0 Å². The summed E-state index contributed by atoms with van der Waals surface area (Å²) in [6.45, 7) is 5.13. The molecule has 4 nitrogen and oxygen atoms in total. The third kappa shape index (κ3) is 15.2. The lowest BCUT2D eigenvalue weighted by Gasteiger charge is -2.25. The van der Waals surface area contributed by atoms with Crippen molar-refractivity contribution in [2.75, 3.05) is 13.2 Å². The Morgan fingerprint density at radius 3 is 1.30 bits per heavy atom. The predicted octanol–water partition coefficient (Wildman–Crippen LogP) is 8.33. The molecule has 0 amide bonds. The number of hydrogen-bond acceptors (Lipinski definition) is 4. The summed E-state index contributed by atoms with van der Waals surface area (Å²) < 4.78 is 10.8. The van der Waals surface area contributed by atoms with E-state index in [-0.39, 0.29) is 23.8 Å². The van der Waals surface area contributed by atoms with Crippen LogP contribution in [0.5, 0.6) is 0 Å². The highest BCUT2D eigenvalue weighted by molar-refractivity contribution is 5.82. The fraction of sp³-hybridized carbons (Fsp3) is 0.862. The molecule has 0 aromatic carbocycles. The van der Waals surface area contributed by atoms with Crippen molar-refractivity contribution in [2.45, 2.75) is 136 Å². The highest BCUT2D eigenvalue weighted by Gasteiger charge is 2.36. The minimum atomic E-state index is -0.389. The van der Waals surface area contributed by atoms with Crippen LogP contribution in [0.25, 0.3) is 0 Å². The lowest BCUT2D eigenvalue weighted by molar-refractivity contribution is -0.161. The molecule has 0 aromatic heterocycles. The Labute approximate surface area is 204 Å². The maximum atomic E-state index is 12.5. The Morgan fingerprint density at radius 1 is 0.545 bits per heavy atom. The van der Waals surface area contributed by atoms with E-state index >= 15 is 0 Å². The molecule has 2 unspecified atom stereocenters. The van der Waals surface area contributed by atoms with Crippen molar-refractivity contribution in [2.24, 2.45) is 11.8 Å². The van der Waals surface area contributed by atoms with Gasteiger partial charge in [0.05, 0.1) is 25.0 Å². The summed E-state index contributed by atoms with van der Waals surface area (Å²) in [4.78, 5) is 24.7. The summed E-state index contributed by atoms with van der Waals surface area (Å²) in [6, 6.07) is 0. The number of ether oxygens (including phenoxy) is 2. The van der Waals surface area contributed by atoms with E-state index in [1.165, 1.54) is 89.9 Å². The highest BCUT2D eigenvalue weighted by atomic mass is 16.5. The summed E-state index contributed by atoms with van der Waals surface area (Å²) >= 11 is 0. The molecule has 0 saturated heterocycles. The van der Waals surface area contributed by atoms with Gasteiger partial charge < -0.3 is 9.47 Å². The molecule has 0 heterocycles. The lowest BCUT2D eigenvalue weighted by Crippen LogP contribution is -2.34. The Hall–Kier alpha value is -1.32. The highest BCUT2D eigenvalue weighted by Crippen LogP contribution is 2.28. The van der Waals surface area contributed by atoms with Gasteiger partial charge >= 0.3 is 11.9 Å². The van der Waals surface area contributed by atoms with Gasteiger partial charge in [0.15, 0.2) is 0 Å². The SMILES string of the molecule is CCCCCCCCCCCCCCCCCCOC(=O)C1CC=CCC1C(=O)OCCC. The van der Waals surface area contributed by atoms with Crippen LogP contribution in [0.3, 0.4) is 0 Å². The average molecular weight is 465 g/mol. The molecule has 4 heteroatoms. The van der Waals surface area contributed by atoms with Gasteiger partial charge in [-0.15, -0.1) is 0 Å². The van der Waals surface area contributed by atoms with E-state index in [4.69, 9.17) is 9.47 Å². The zero-order chi connectivity index (χ0) is 24.0. The van der Waals surface area contributed by atoms with Crippen molar-refractivity contribution in [3.63, 3.8) is 0 Å². The Kier molecular flexibility index (Phi) is 19.1. The third-order valence-electron chi connectivity index (χ3n) is 6.73. The predicted molar refractivity (Wildman–Crippen MR) is 137 cm³/mol. The summed E-state index contributed by atoms with van der Waals surface area (Å²) in [5.74, 6) is -1.27. The van der Waals surface area contributed by atoms with E-state index in [1.807, 2.05) is 19.1 Å². The maximum absolute atomic E-state index is 12.5. The van der Waals surface area contributed by atoms with Crippen molar-refractivity contribution >= 4 is 11.9 Å². The molecule has 192 valence electrons. The minimum Gasteiger partial charge on any atom is -0.465 e. The van der Waals surface area contributed by atoms with Gasteiger partial charge in [0.1, 0.15) is 0 Å². The third-order valence-corrected chi connectivity index (χ3v) is 6.73. The van der Waals surface area contributed by atoms with Crippen LogP contribution < -0.4 is 0 Å². The first-order valence-corrected chi connectivity index (χ1v) is 14.2. The standard InChI is InChI=1S/C29H52O4/c1-3-5-6-7-8-9-10-11-12-13-14-15-16-17-18-21-25-33-29(31)27-23-20-19-22-26(27)28(30)32-24-4-2/h19-20,26-27H,3-18,21-25H2,1-2H3. The van der Waals surface area contributed by atoms with Crippen LogP contribution >= 0.6 is 0 Å². The van der Waals surface area contributed by atoms with Crippen molar-refractivity contribution in [3.05, 3.63) is 12.2 Å². The largest absolute Gasteiger partial charge is 0.465 e. The molecule has 1 aliphatic rings. The first-order valence-electron chi connectivity index (χ1n) is 14.2. The molecule has 0 aliphatic heterocycles. The molecule has 33 heavy (non-hydrogen) atoms. The Balaban J connectivity index is 1.94. The van der Waals surface area contributed by atoms with Crippen molar-refractivity contribution in [1.82, 2.24) is 0 Å². The van der Waals surface area contributed by atoms with Crippen LogP contribution in [0.1, 0.15) is 136 Å². The zero-order valence-electron chi connectivity index (χ0n) is 21.8. The zero-order valence-corrected chi connectivity index (χ0v) is 21.8. The Morgan fingerprint density at radius 2 is 0.909 bits per heavy atom. The second kappa shape index (κ2) is 21.2. The van der Waals surface area contributed by atoms with Crippen LogP contribution in [-0.4, -0.2) is 25.2 Å². The van der Waals surface area contributed by atoms with Crippen LogP contribution in [0.2, 0.25) is 0 Å². The number of hydrogen-bond donors (Lipinski definition) is 0. The summed E-state index contributed by atoms with van der Waals surface area (Å²) in [5, 5.41) is 0. The first kappa shape index (κ1) is 29.7. The van der Waals surface area contributed by atoms with Gasteiger partial charge in [0.25, 0.3) is 0 Å². The molecular formula is C29H52O4. The molecular weight excluding hydrogens is 412 g/mol. The number of carbonyl (C=O) groups is 2. The van der Waals surface area contributed by atoms with E-state index in [0.29, 0.717) is 26.1 Å². The molecule has 0 radical (unpaired) electrons. The number of unbranched alkanes of at least 4 members (excludes halogenated alkanes) is 15. The summed E-state index contributed by atoms with van der Waals surface area (Å²) in [5.41, 5.74) is 0. The minimum absolute atomic E-state index is 0.237. The summed E-state index contributed by atoms with van der Waals surface area (Å²) in [6.07, 6.45) is 27.1. The van der Waals surface area contributed by atoms with Gasteiger partial charge in [0, 0.05) is 0 Å². The number of allylic oxidation sites excluding steroid dienone is 2. The van der Waals surface area contributed by atoms with Crippen molar-refractivity contribution in [3.8, 4) is 0 Å². The molecule has 2 atom stereocenters. The maximum Gasteiger partial charge on any atom is 0.310 e. The van der Waals surface area contributed by atoms with Gasteiger partial charge in [-0.25, -0.2) is 0 Å². The normalized spacial score (nSPS) is 17.8. The monoisotopic (exact) mass is 464 g/mol.